The average Bonchev–Trinajstić information content (AvgIpc) is 2.83. The molecule has 0 amide bonds. The zero-order valence-corrected chi connectivity index (χ0v) is 11.9. The van der Waals surface area contributed by atoms with E-state index in [0.717, 1.165) is 19.6 Å². The van der Waals surface area contributed by atoms with Gasteiger partial charge in [-0.15, -0.1) is 11.3 Å². The summed E-state index contributed by atoms with van der Waals surface area (Å²) in [5, 5.41) is 5.97. The van der Waals surface area contributed by atoms with Crippen LogP contribution in [0.25, 0.3) is 0 Å². The molecule has 1 unspecified atom stereocenters. The number of hydrogen-bond donors (Lipinski definition) is 1. The molecule has 17 heavy (non-hydrogen) atoms. The Kier molecular flexibility index (Phi) is 5.01. The van der Waals surface area contributed by atoms with Crippen molar-refractivity contribution < 1.29 is 0 Å². The Bertz CT molecular complexity index is 331. The van der Waals surface area contributed by atoms with Crippen LogP contribution in [0.5, 0.6) is 0 Å². The van der Waals surface area contributed by atoms with Crippen LogP contribution < -0.4 is 5.32 Å². The van der Waals surface area contributed by atoms with Crippen LogP contribution in [0, 0.1) is 0 Å². The van der Waals surface area contributed by atoms with Crippen LogP contribution in [-0.2, 0) is 6.42 Å². The molecule has 1 atom stereocenters. The Morgan fingerprint density at radius 1 is 1.41 bits per heavy atom. The van der Waals surface area contributed by atoms with E-state index in [1.807, 2.05) is 11.3 Å². The van der Waals surface area contributed by atoms with Crippen LogP contribution in [-0.4, -0.2) is 31.1 Å². The second kappa shape index (κ2) is 6.53. The zero-order chi connectivity index (χ0) is 12.1. The van der Waals surface area contributed by atoms with Crippen molar-refractivity contribution in [1.82, 2.24) is 10.2 Å². The van der Waals surface area contributed by atoms with Gasteiger partial charge in [-0.25, -0.2) is 0 Å². The lowest BCUT2D eigenvalue weighted by molar-refractivity contribution is 0.293. The largest absolute Gasteiger partial charge is 0.309 e. The maximum absolute atomic E-state index is 3.73. The molecule has 1 aromatic heterocycles. The molecule has 0 saturated heterocycles. The van der Waals surface area contributed by atoms with Gasteiger partial charge in [0.25, 0.3) is 0 Å². The molecule has 2 rings (SSSR count). The van der Waals surface area contributed by atoms with Crippen LogP contribution in [0.4, 0.5) is 0 Å². The second-order valence-electron chi connectivity index (χ2n) is 4.72. The highest BCUT2D eigenvalue weighted by Gasteiger charge is 2.20. The van der Waals surface area contributed by atoms with Crippen LogP contribution in [0.3, 0.4) is 0 Å². The number of nitrogens with zero attached hydrogens (tertiary/aromatic N) is 1. The second-order valence-corrected chi connectivity index (χ2v) is 5.73. The third-order valence-electron chi connectivity index (χ3n) is 3.77. The summed E-state index contributed by atoms with van der Waals surface area (Å²) in [4.78, 5) is 4.08. The normalized spacial score (nSPS) is 19.6. The minimum atomic E-state index is 0.612. The SMILES string of the molecule is CCN(CC)CCNC1CCCc2sccc21. The minimum Gasteiger partial charge on any atom is -0.309 e. The maximum atomic E-state index is 3.73. The summed E-state index contributed by atoms with van der Waals surface area (Å²) in [5.41, 5.74) is 1.57. The fourth-order valence-corrected chi connectivity index (χ4v) is 3.62. The topological polar surface area (TPSA) is 15.3 Å². The summed E-state index contributed by atoms with van der Waals surface area (Å²) in [5.74, 6) is 0. The number of hydrogen-bond acceptors (Lipinski definition) is 3. The molecule has 1 aliphatic rings. The molecule has 1 aromatic rings. The number of aryl methyl sites for hydroxylation is 1. The molecule has 1 heterocycles. The average molecular weight is 252 g/mol. The van der Waals surface area contributed by atoms with E-state index in [1.54, 1.807) is 10.4 Å². The third-order valence-corrected chi connectivity index (χ3v) is 4.76. The first-order valence-corrected chi connectivity index (χ1v) is 7.75. The fourth-order valence-electron chi connectivity index (χ4n) is 2.64. The molecule has 0 saturated carbocycles. The van der Waals surface area contributed by atoms with Gasteiger partial charge in [0.1, 0.15) is 0 Å². The summed E-state index contributed by atoms with van der Waals surface area (Å²) < 4.78 is 0. The van der Waals surface area contributed by atoms with Gasteiger partial charge in [-0.2, -0.15) is 0 Å². The lowest BCUT2D eigenvalue weighted by Gasteiger charge is -2.25. The molecule has 0 aromatic carbocycles. The highest BCUT2D eigenvalue weighted by Crippen LogP contribution is 2.32. The lowest BCUT2D eigenvalue weighted by Crippen LogP contribution is -2.34. The van der Waals surface area contributed by atoms with Crippen molar-refractivity contribution in [3.05, 3.63) is 21.9 Å². The molecule has 0 fully saturated rings. The maximum Gasteiger partial charge on any atom is 0.0331 e. The Morgan fingerprint density at radius 2 is 2.24 bits per heavy atom. The van der Waals surface area contributed by atoms with Crippen LogP contribution in [0.15, 0.2) is 11.4 Å². The van der Waals surface area contributed by atoms with E-state index in [9.17, 15) is 0 Å². The first-order chi connectivity index (χ1) is 8.35. The monoisotopic (exact) mass is 252 g/mol. The lowest BCUT2D eigenvalue weighted by atomic mass is 9.94. The molecule has 1 N–H and O–H groups in total. The van der Waals surface area contributed by atoms with Crippen molar-refractivity contribution >= 4 is 11.3 Å². The summed E-state index contributed by atoms with van der Waals surface area (Å²) in [6.45, 7) is 9.08. The Balaban J connectivity index is 1.81. The minimum absolute atomic E-state index is 0.612. The highest BCUT2D eigenvalue weighted by atomic mass is 32.1. The smallest absolute Gasteiger partial charge is 0.0331 e. The van der Waals surface area contributed by atoms with Crippen molar-refractivity contribution in [2.75, 3.05) is 26.2 Å². The van der Waals surface area contributed by atoms with Gasteiger partial charge in [0.15, 0.2) is 0 Å². The molecule has 0 aliphatic heterocycles. The molecular formula is C14H24N2S. The van der Waals surface area contributed by atoms with Gasteiger partial charge in [-0.1, -0.05) is 13.8 Å². The van der Waals surface area contributed by atoms with Gasteiger partial charge < -0.3 is 10.2 Å². The highest BCUT2D eigenvalue weighted by molar-refractivity contribution is 7.10. The summed E-state index contributed by atoms with van der Waals surface area (Å²) >= 11 is 1.93. The van der Waals surface area contributed by atoms with Gasteiger partial charge in [-0.3, -0.25) is 0 Å². The number of thiophene rings is 1. The van der Waals surface area contributed by atoms with E-state index >= 15 is 0 Å². The molecule has 3 heteroatoms. The van der Waals surface area contributed by atoms with Gasteiger partial charge in [-0.05, 0) is 49.4 Å². The Labute approximate surface area is 109 Å². The summed E-state index contributed by atoms with van der Waals surface area (Å²) in [6.07, 6.45) is 3.94. The van der Waals surface area contributed by atoms with Crippen LogP contribution in [0.2, 0.25) is 0 Å². The summed E-state index contributed by atoms with van der Waals surface area (Å²) in [7, 11) is 0. The standard InChI is InChI=1S/C14H24N2S/c1-3-16(4-2)10-9-15-13-6-5-7-14-12(13)8-11-17-14/h8,11,13,15H,3-7,9-10H2,1-2H3. The fraction of sp³-hybridized carbons (Fsp3) is 0.714. The molecule has 0 spiro atoms. The zero-order valence-electron chi connectivity index (χ0n) is 11.0. The first kappa shape index (κ1) is 13.1. The predicted molar refractivity (Wildman–Crippen MR) is 75.8 cm³/mol. The number of rotatable bonds is 6. The first-order valence-electron chi connectivity index (χ1n) is 6.87. The van der Waals surface area contributed by atoms with Crippen molar-refractivity contribution in [2.45, 2.75) is 39.2 Å². The van der Waals surface area contributed by atoms with Crippen molar-refractivity contribution in [1.29, 1.82) is 0 Å². The number of likely N-dealkylation sites (N-methyl/N-ethyl adjacent to an activating group) is 1. The van der Waals surface area contributed by atoms with Crippen molar-refractivity contribution in [2.24, 2.45) is 0 Å². The van der Waals surface area contributed by atoms with Crippen molar-refractivity contribution in [3.8, 4) is 0 Å². The van der Waals surface area contributed by atoms with E-state index < -0.39 is 0 Å². The molecule has 0 bridgehead atoms. The molecular weight excluding hydrogens is 228 g/mol. The van der Waals surface area contributed by atoms with Crippen LogP contribution >= 0.6 is 11.3 Å². The van der Waals surface area contributed by atoms with Crippen LogP contribution in [0.1, 0.15) is 43.2 Å². The van der Waals surface area contributed by atoms with Gasteiger partial charge in [0, 0.05) is 24.0 Å². The Hall–Kier alpha value is -0.380. The molecule has 2 nitrogen and oxygen atoms in total. The number of fused-ring (bicyclic) bond motifs is 1. The summed E-state index contributed by atoms with van der Waals surface area (Å²) in [6, 6.07) is 2.93. The number of nitrogens with one attached hydrogen (secondary N) is 1. The van der Waals surface area contributed by atoms with Crippen molar-refractivity contribution in [3.63, 3.8) is 0 Å². The quantitative estimate of drug-likeness (QED) is 0.837. The predicted octanol–water partition coefficient (Wildman–Crippen LogP) is 3.06. The molecule has 0 radical (unpaired) electrons. The molecule has 1 aliphatic carbocycles. The van der Waals surface area contributed by atoms with Gasteiger partial charge >= 0.3 is 0 Å². The molecule has 96 valence electrons. The third kappa shape index (κ3) is 3.30. The van der Waals surface area contributed by atoms with E-state index in [0.29, 0.717) is 6.04 Å². The van der Waals surface area contributed by atoms with E-state index in [-0.39, 0.29) is 0 Å². The van der Waals surface area contributed by atoms with Gasteiger partial charge in [0.05, 0.1) is 0 Å². The van der Waals surface area contributed by atoms with E-state index in [1.165, 1.54) is 25.8 Å². The Morgan fingerprint density at radius 3 is 3.00 bits per heavy atom. The van der Waals surface area contributed by atoms with E-state index in [4.69, 9.17) is 0 Å². The van der Waals surface area contributed by atoms with Gasteiger partial charge in [0.2, 0.25) is 0 Å². The van der Waals surface area contributed by atoms with E-state index in [2.05, 4.69) is 35.5 Å².